The minimum atomic E-state index is -0.0868. The molecule has 7 nitrogen and oxygen atoms in total. The molecule has 2 aromatic carbocycles. The molecule has 3 aromatic rings. The van der Waals surface area contributed by atoms with Crippen LogP contribution in [0.25, 0.3) is 10.2 Å². The molecule has 1 aliphatic rings. The number of fused-ring (bicyclic) bond motifs is 2. The number of carbonyl (C=O) groups excluding carboxylic acids is 1. The number of aromatic nitrogens is 1. The zero-order chi connectivity index (χ0) is 21.1. The highest BCUT2D eigenvalue weighted by Gasteiger charge is 2.23. The summed E-state index contributed by atoms with van der Waals surface area (Å²) >= 11 is 1.48. The van der Waals surface area contributed by atoms with Gasteiger partial charge in [0.25, 0.3) is 5.91 Å². The Balaban J connectivity index is 1.66. The molecule has 158 valence electrons. The maximum Gasteiger partial charge on any atom is 0.260 e. The molecule has 30 heavy (non-hydrogen) atoms. The van der Waals surface area contributed by atoms with Gasteiger partial charge in [-0.05, 0) is 45.3 Å². The van der Waals surface area contributed by atoms with E-state index in [9.17, 15) is 4.79 Å². The van der Waals surface area contributed by atoms with Gasteiger partial charge in [-0.15, -0.1) is 0 Å². The highest BCUT2D eigenvalue weighted by atomic mass is 32.1. The first-order valence-electron chi connectivity index (χ1n) is 9.95. The highest BCUT2D eigenvalue weighted by Crippen LogP contribution is 2.39. The third-order valence-corrected chi connectivity index (χ3v) is 5.74. The Kier molecular flexibility index (Phi) is 6.06. The van der Waals surface area contributed by atoms with Crippen LogP contribution in [-0.2, 0) is 0 Å². The average molecular weight is 428 g/mol. The molecule has 1 aromatic heterocycles. The zero-order valence-corrected chi connectivity index (χ0v) is 18.2. The van der Waals surface area contributed by atoms with Crippen LogP contribution in [0.15, 0.2) is 36.4 Å². The molecular formula is C22H25N3O4S. The summed E-state index contributed by atoms with van der Waals surface area (Å²) in [6, 6.07) is 11.1. The first-order chi connectivity index (χ1) is 14.5. The first kappa shape index (κ1) is 20.4. The highest BCUT2D eigenvalue weighted by molar-refractivity contribution is 7.22. The number of rotatable bonds is 7. The fourth-order valence-electron chi connectivity index (χ4n) is 3.17. The smallest absolute Gasteiger partial charge is 0.260 e. The van der Waals surface area contributed by atoms with Crippen LogP contribution in [0.3, 0.4) is 0 Å². The number of thiazole rings is 1. The quantitative estimate of drug-likeness (QED) is 0.573. The second-order valence-electron chi connectivity index (χ2n) is 7.18. The number of benzene rings is 2. The third-order valence-electron chi connectivity index (χ3n) is 4.70. The maximum absolute atomic E-state index is 13.3. The molecule has 0 N–H and O–H groups in total. The molecule has 8 heteroatoms. The zero-order valence-electron chi connectivity index (χ0n) is 17.4. The number of ether oxygens (including phenoxy) is 3. The van der Waals surface area contributed by atoms with Crippen molar-refractivity contribution in [2.75, 3.05) is 51.9 Å². The average Bonchev–Trinajstić information content (AvgIpc) is 3.15. The molecule has 2 heterocycles. The third kappa shape index (κ3) is 4.34. The van der Waals surface area contributed by atoms with Gasteiger partial charge in [-0.2, -0.15) is 0 Å². The lowest BCUT2D eigenvalue weighted by molar-refractivity contribution is 0.0985. The molecule has 0 aliphatic carbocycles. The van der Waals surface area contributed by atoms with Crippen LogP contribution >= 0.6 is 11.3 Å². The van der Waals surface area contributed by atoms with Gasteiger partial charge >= 0.3 is 0 Å². The number of nitrogens with zero attached hydrogens (tertiary/aromatic N) is 3. The van der Waals surface area contributed by atoms with E-state index in [0.717, 1.165) is 28.3 Å². The Hall–Kier alpha value is -2.84. The predicted molar refractivity (Wildman–Crippen MR) is 118 cm³/mol. The number of hydrogen-bond donors (Lipinski definition) is 0. The van der Waals surface area contributed by atoms with Crippen LogP contribution in [0.4, 0.5) is 5.13 Å². The number of likely N-dealkylation sites (N-methyl/N-ethyl adjacent to an activating group) is 1. The lowest BCUT2D eigenvalue weighted by Gasteiger charge is -2.22. The van der Waals surface area contributed by atoms with Gasteiger partial charge in [0.2, 0.25) is 0 Å². The topological polar surface area (TPSA) is 64.1 Å². The molecule has 0 saturated carbocycles. The normalized spacial score (nSPS) is 12.9. The summed E-state index contributed by atoms with van der Waals surface area (Å²) in [6.07, 6.45) is 0. The van der Waals surface area contributed by atoms with Crippen molar-refractivity contribution in [2.45, 2.75) is 6.92 Å². The fourth-order valence-corrected chi connectivity index (χ4v) is 4.17. The Labute approximate surface area is 179 Å². The molecule has 0 unspecified atom stereocenters. The summed E-state index contributed by atoms with van der Waals surface area (Å²) in [7, 11) is 3.97. The van der Waals surface area contributed by atoms with E-state index in [0.29, 0.717) is 42.8 Å². The predicted octanol–water partition coefficient (Wildman–Crippen LogP) is 3.67. The Morgan fingerprint density at radius 2 is 1.80 bits per heavy atom. The molecule has 0 spiro atoms. The van der Waals surface area contributed by atoms with Crippen LogP contribution in [0.2, 0.25) is 0 Å². The van der Waals surface area contributed by atoms with Gasteiger partial charge in [0.05, 0.1) is 16.8 Å². The van der Waals surface area contributed by atoms with Crippen molar-refractivity contribution in [1.82, 2.24) is 9.88 Å². The van der Waals surface area contributed by atoms with Crippen molar-refractivity contribution in [3.8, 4) is 17.2 Å². The lowest BCUT2D eigenvalue weighted by atomic mass is 10.2. The summed E-state index contributed by atoms with van der Waals surface area (Å²) in [5.74, 6) is 2.08. The van der Waals surface area contributed by atoms with Gasteiger partial charge in [-0.3, -0.25) is 9.69 Å². The van der Waals surface area contributed by atoms with Crippen LogP contribution in [-0.4, -0.2) is 62.8 Å². The van der Waals surface area contributed by atoms with Crippen LogP contribution in [0.1, 0.15) is 17.3 Å². The van der Waals surface area contributed by atoms with Gasteiger partial charge in [-0.1, -0.05) is 11.3 Å². The van der Waals surface area contributed by atoms with E-state index in [4.69, 9.17) is 19.2 Å². The number of amides is 1. The standard InChI is InChI=1S/C22H25N3O4S/c1-4-27-16-7-5-15(6-8-16)21(26)25(10-9-24(2)3)22-23-17-13-18-19(14-20(17)30-22)29-12-11-28-18/h5-8,13-14H,4,9-12H2,1-3H3. The van der Waals surface area contributed by atoms with Crippen molar-refractivity contribution in [3.63, 3.8) is 0 Å². The Morgan fingerprint density at radius 3 is 2.47 bits per heavy atom. The molecule has 4 rings (SSSR count). The molecule has 0 fully saturated rings. The van der Waals surface area contributed by atoms with Crippen LogP contribution in [0, 0.1) is 0 Å². The summed E-state index contributed by atoms with van der Waals surface area (Å²) in [6.45, 7) is 4.84. The van der Waals surface area contributed by atoms with Crippen molar-refractivity contribution in [3.05, 3.63) is 42.0 Å². The van der Waals surface area contributed by atoms with E-state index in [1.54, 1.807) is 17.0 Å². The molecule has 1 aliphatic heterocycles. The number of anilines is 1. The monoisotopic (exact) mass is 427 g/mol. The summed E-state index contributed by atoms with van der Waals surface area (Å²) in [4.78, 5) is 21.9. The van der Waals surface area contributed by atoms with Crippen molar-refractivity contribution < 1.29 is 19.0 Å². The van der Waals surface area contributed by atoms with E-state index in [1.165, 1.54) is 11.3 Å². The van der Waals surface area contributed by atoms with E-state index < -0.39 is 0 Å². The number of carbonyl (C=O) groups is 1. The largest absolute Gasteiger partial charge is 0.494 e. The van der Waals surface area contributed by atoms with E-state index in [2.05, 4.69) is 0 Å². The molecule has 0 saturated heterocycles. The van der Waals surface area contributed by atoms with Crippen molar-refractivity contribution in [1.29, 1.82) is 0 Å². The first-order valence-corrected chi connectivity index (χ1v) is 10.8. The van der Waals surface area contributed by atoms with Gasteiger partial charge in [0.1, 0.15) is 19.0 Å². The second-order valence-corrected chi connectivity index (χ2v) is 8.19. The lowest BCUT2D eigenvalue weighted by Crippen LogP contribution is -2.36. The fraction of sp³-hybridized carbons (Fsp3) is 0.364. The SMILES string of the molecule is CCOc1ccc(C(=O)N(CCN(C)C)c2nc3cc4c(cc3s2)OCCO4)cc1. The van der Waals surface area contributed by atoms with Gasteiger partial charge in [-0.25, -0.2) is 4.98 Å². The molecular weight excluding hydrogens is 402 g/mol. The van der Waals surface area contributed by atoms with Crippen molar-refractivity contribution >= 4 is 32.6 Å². The van der Waals surface area contributed by atoms with Gasteiger partial charge < -0.3 is 19.1 Å². The van der Waals surface area contributed by atoms with Gasteiger partial charge in [0.15, 0.2) is 16.6 Å². The van der Waals surface area contributed by atoms with E-state index >= 15 is 0 Å². The molecule has 0 radical (unpaired) electrons. The Bertz CT molecular complexity index is 990. The minimum absolute atomic E-state index is 0.0868. The summed E-state index contributed by atoms with van der Waals surface area (Å²) in [5.41, 5.74) is 1.40. The summed E-state index contributed by atoms with van der Waals surface area (Å²) < 4.78 is 17.8. The van der Waals surface area contributed by atoms with Crippen LogP contribution < -0.4 is 19.1 Å². The molecule has 0 atom stereocenters. The van der Waals surface area contributed by atoms with E-state index in [1.807, 2.05) is 50.2 Å². The number of hydrogen-bond acceptors (Lipinski definition) is 7. The molecule has 0 bridgehead atoms. The minimum Gasteiger partial charge on any atom is -0.494 e. The summed E-state index contributed by atoms with van der Waals surface area (Å²) in [5, 5.41) is 0.660. The van der Waals surface area contributed by atoms with Crippen LogP contribution in [0.5, 0.6) is 17.2 Å². The second kappa shape index (κ2) is 8.89. The van der Waals surface area contributed by atoms with E-state index in [-0.39, 0.29) is 5.91 Å². The molecule has 1 amide bonds. The Morgan fingerprint density at radius 1 is 1.10 bits per heavy atom. The van der Waals surface area contributed by atoms with Crippen molar-refractivity contribution in [2.24, 2.45) is 0 Å². The van der Waals surface area contributed by atoms with Gasteiger partial charge in [0, 0.05) is 30.8 Å². The maximum atomic E-state index is 13.3.